The van der Waals surface area contributed by atoms with Gasteiger partial charge in [-0.2, -0.15) is 5.10 Å². The average molecular weight is 254 g/mol. The second-order valence-corrected chi connectivity index (χ2v) is 4.29. The lowest BCUT2D eigenvalue weighted by Gasteiger charge is -2.01. The molecule has 0 amide bonds. The average Bonchev–Trinajstić information content (AvgIpc) is 2.46. The molecule has 1 unspecified atom stereocenters. The van der Waals surface area contributed by atoms with Gasteiger partial charge in [0.15, 0.2) is 0 Å². The predicted octanol–water partition coefficient (Wildman–Crippen LogP) is 2.36. The molecule has 1 aromatic carbocycles. The molecule has 14 heavy (non-hydrogen) atoms. The van der Waals surface area contributed by atoms with Crippen LogP contribution in [0.1, 0.15) is 18.7 Å². The van der Waals surface area contributed by atoms with Crippen LogP contribution < -0.4 is 5.73 Å². The molecule has 2 N–H and O–H groups in total. The molecule has 1 heterocycles. The number of fused-ring (bicyclic) bond motifs is 1. The van der Waals surface area contributed by atoms with Gasteiger partial charge in [0.1, 0.15) is 0 Å². The molecule has 0 aliphatic heterocycles. The first-order valence-electron chi connectivity index (χ1n) is 4.48. The molecule has 0 spiro atoms. The number of benzene rings is 1. The molecule has 0 saturated carbocycles. The van der Waals surface area contributed by atoms with Crippen LogP contribution in [0.4, 0.5) is 0 Å². The minimum atomic E-state index is -0.0441. The molecule has 0 radical (unpaired) electrons. The van der Waals surface area contributed by atoms with Gasteiger partial charge < -0.3 is 5.73 Å². The molecule has 1 atom stereocenters. The molecule has 74 valence electrons. The van der Waals surface area contributed by atoms with Crippen molar-refractivity contribution in [1.82, 2.24) is 9.78 Å². The highest BCUT2D eigenvalue weighted by molar-refractivity contribution is 9.10. The lowest BCUT2D eigenvalue weighted by molar-refractivity contribution is 0.712. The fourth-order valence-corrected chi connectivity index (χ4v) is 2.18. The number of aryl methyl sites for hydroxylation is 1. The van der Waals surface area contributed by atoms with Crippen LogP contribution in [-0.2, 0) is 7.05 Å². The summed E-state index contributed by atoms with van der Waals surface area (Å²) >= 11 is 3.52. The second-order valence-electron chi connectivity index (χ2n) is 3.43. The fraction of sp³-hybridized carbons (Fsp3) is 0.300. The molecule has 0 aliphatic carbocycles. The van der Waals surface area contributed by atoms with E-state index in [4.69, 9.17) is 5.73 Å². The SMILES string of the molecule is CC(N)c1nn(C)c2cccc(Br)c12. The molecule has 2 aromatic rings. The van der Waals surface area contributed by atoms with Crippen molar-refractivity contribution in [3.05, 3.63) is 28.4 Å². The van der Waals surface area contributed by atoms with Crippen molar-refractivity contribution in [3.8, 4) is 0 Å². The van der Waals surface area contributed by atoms with Gasteiger partial charge in [-0.05, 0) is 19.1 Å². The highest BCUT2D eigenvalue weighted by atomic mass is 79.9. The fourth-order valence-electron chi connectivity index (χ4n) is 1.62. The van der Waals surface area contributed by atoms with Crippen molar-refractivity contribution in [2.75, 3.05) is 0 Å². The number of nitrogens with zero attached hydrogens (tertiary/aromatic N) is 2. The van der Waals surface area contributed by atoms with E-state index in [9.17, 15) is 0 Å². The number of rotatable bonds is 1. The first kappa shape index (κ1) is 9.68. The Bertz CT molecular complexity index is 473. The van der Waals surface area contributed by atoms with Gasteiger partial charge in [-0.1, -0.05) is 22.0 Å². The zero-order valence-corrected chi connectivity index (χ0v) is 9.75. The second kappa shape index (κ2) is 3.37. The van der Waals surface area contributed by atoms with Crippen molar-refractivity contribution >= 4 is 26.8 Å². The predicted molar refractivity (Wildman–Crippen MR) is 61.0 cm³/mol. The highest BCUT2D eigenvalue weighted by Crippen LogP contribution is 2.29. The summed E-state index contributed by atoms with van der Waals surface area (Å²) in [5.74, 6) is 0. The minimum absolute atomic E-state index is 0.0441. The highest BCUT2D eigenvalue weighted by Gasteiger charge is 2.13. The molecule has 2 rings (SSSR count). The van der Waals surface area contributed by atoms with Gasteiger partial charge in [-0.25, -0.2) is 0 Å². The summed E-state index contributed by atoms with van der Waals surface area (Å²) in [5.41, 5.74) is 7.91. The zero-order chi connectivity index (χ0) is 10.3. The van der Waals surface area contributed by atoms with Gasteiger partial charge >= 0.3 is 0 Å². The van der Waals surface area contributed by atoms with E-state index in [1.54, 1.807) is 0 Å². The van der Waals surface area contributed by atoms with E-state index >= 15 is 0 Å². The lowest BCUT2D eigenvalue weighted by atomic mass is 10.1. The van der Waals surface area contributed by atoms with E-state index in [1.807, 2.05) is 36.9 Å². The standard InChI is InChI=1S/C10H12BrN3/c1-6(12)10-9-7(11)4-3-5-8(9)14(2)13-10/h3-6H,12H2,1-2H3. The van der Waals surface area contributed by atoms with Crippen LogP contribution in [0.25, 0.3) is 10.9 Å². The van der Waals surface area contributed by atoms with Crippen LogP contribution >= 0.6 is 15.9 Å². The Hall–Kier alpha value is -0.870. The van der Waals surface area contributed by atoms with Crippen molar-refractivity contribution in [3.63, 3.8) is 0 Å². The summed E-state index contributed by atoms with van der Waals surface area (Å²) in [6.45, 7) is 1.95. The van der Waals surface area contributed by atoms with Crippen LogP contribution in [0.15, 0.2) is 22.7 Å². The van der Waals surface area contributed by atoms with Gasteiger partial charge in [0.05, 0.1) is 11.2 Å². The van der Waals surface area contributed by atoms with E-state index in [-0.39, 0.29) is 6.04 Å². The third-order valence-electron chi connectivity index (χ3n) is 2.29. The maximum absolute atomic E-state index is 5.87. The molecule has 1 aromatic heterocycles. The Balaban J connectivity index is 2.86. The summed E-state index contributed by atoms with van der Waals surface area (Å²) in [6.07, 6.45) is 0. The first-order valence-corrected chi connectivity index (χ1v) is 5.27. The van der Waals surface area contributed by atoms with E-state index in [2.05, 4.69) is 21.0 Å². The molecule has 0 saturated heterocycles. The summed E-state index contributed by atoms with van der Waals surface area (Å²) in [6, 6.07) is 6.01. The van der Waals surface area contributed by atoms with Crippen LogP contribution in [0.2, 0.25) is 0 Å². The number of hydrogen-bond acceptors (Lipinski definition) is 2. The van der Waals surface area contributed by atoms with Crippen molar-refractivity contribution in [2.24, 2.45) is 12.8 Å². The van der Waals surface area contributed by atoms with Gasteiger partial charge in [-0.15, -0.1) is 0 Å². The Kier molecular flexibility index (Phi) is 2.33. The van der Waals surface area contributed by atoms with Crippen molar-refractivity contribution in [2.45, 2.75) is 13.0 Å². The third kappa shape index (κ3) is 1.35. The molecular weight excluding hydrogens is 242 g/mol. The molecule has 0 aliphatic rings. The van der Waals surface area contributed by atoms with E-state index in [1.165, 1.54) is 0 Å². The summed E-state index contributed by atoms with van der Waals surface area (Å²) in [5, 5.41) is 5.53. The summed E-state index contributed by atoms with van der Waals surface area (Å²) in [4.78, 5) is 0. The van der Waals surface area contributed by atoms with Crippen molar-refractivity contribution in [1.29, 1.82) is 0 Å². The number of hydrogen-bond donors (Lipinski definition) is 1. The zero-order valence-electron chi connectivity index (χ0n) is 8.16. The normalized spacial score (nSPS) is 13.4. The Labute approximate surface area is 91.0 Å². The first-order chi connectivity index (χ1) is 6.61. The topological polar surface area (TPSA) is 43.8 Å². The van der Waals surface area contributed by atoms with E-state index in [0.29, 0.717) is 0 Å². The van der Waals surface area contributed by atoms with Crippen LogP contribution in [0.5, 0.6) is 0 Å². The maximum Gasteiger partial charge on any atom is 0.0878 e. The van der Waals surface area contributed by atoms with Gasteiger partial charge in [0.2, 0.25) is 0 Å². The van der Waals surface area contributed by atoms with Gasteiger partial charge in [0, 0.05) is 22.9 Å². The largest absolute Gasteiger partial charge is 0.323 e. The van der Waals surface area contributed by atoms with E-state index in [0.717, 1.165) is 21.1 Å². The quantitative estimate of drug-likeness (QED) is 0.848. The lowest BCUT2D eigenvalue weighted by Crippen LogP contribution is -2.06. The molecule has 0 fully saturated rings. The van der Waals surface area contributed by atoms with Crippen molar-refractivity contribution < 1.29 is 0 Å². The molecule has 0 bridgehead atoms. The Morgan fingerprint density at radius 3 is 2.86 bits per heavy atom. The molecular formula is C10H12BrN3. The van der Waals surface area contributed by atoms with E-state index < -0.39 is 0 Å². The van der Waals surface area contributed by atoms with Gasteiger partial charge in [-0.3, -0.25) is 4.68 Å². The smallest absolute Gasteiger partial charge is 0.0878 e. The number of nitrogens with two attached hydrogens (primary N) is 1. The maximum atomic E-state index is 5.87. The van der Waals surface area contributed by atoms with Crippen LogP contribution in [-0.4, -0.2) is 9.78 Å². The summed E-state index contributed by atoms with van der Waals surface area (Å²) < 4.78 is 2.91. The Morgan fingerprint density at radius 1 is 1.50 bits per heavy atom. The number of aromatic nitrogens is 2. The Morgan fingerprint density at radius 2 is 2.21 bits per heavy atom. The summed E-state index contributed by atoms with van der Waals surface area (Å²) in [7, 11) is 1.93. The number of halogens is 1. The van der Waals surface area contributed by atoms with Crippen LogP contribution in [0.3, 0.4) is 0 Å². The molecule has 3 nitrogen and oxygen atoms in total. The molecule has 4 heteroatoms. The third-order valence-corrected chi connectivity index (χ3v) is 2.95. The minimum Gasteiger partial charge on any atom is -0.323 e. The van der Waals surface area contributed by atoms with Crippen LogP contribution in [0, 0.1) is 0 Å². The van der Waals surface area contributed by atoms with Gasteiger partial charge in [0.25, 0.3) is 0 Å². The monoisotopic (exact) mass is 253 g/mol.